The van der Waals surface area contributed by atoms with Crippen LogP contribution in [0, 0.1) is 0 Å². The first kappa shape index (κ1) is 15.4. The SMILES string of the molecule is O=C(O)COc1ccccc1S(=O)(=O)O.[H-].[Na+]. The summed E-state index contributed by atoms with van der Waals surface area (Å²) in [6, 6.07) is 5.22. The summed E-state index contributed by atoms with van der Waals surface area (Å²) in [7, 11) is -4.40. The molecule has 2 N–H and O–H groups in total. The number of hydrogen-bond donors (Lipinski definition) is 2. The maximum Gasteiger partial charge on any atom is 1.00 e. The predicted molar refractivity (Wildman–Crippen MR) is 50.5 cm³/mol. The molecule has 0 heterocycles. The van der Waals surface area contributed by atoms with Gasteiger partial charge in [0.25, 0.3) is 10.1 Å². The van der Waals surface area contributed by atoms with Crippen LogP contribution in [0.2, 0.25) is 0 Å². The van der Waals surface area contributed by atoms with E-state index in [9.17, 15) is 13.2 Å². The van der Waals surface area contributed by atoms with Gasteiger partial charge in [-0.2, -0.15) is 8.42 Å². The molecule has 0 unspecified atom stereocenters. The molecule has 0 aliphatic rings. The first-order chi connectivity index (χ1) is 6.91. The van der Waals surface area contributed by atoms with E-state index < -0.39 is 27.6 Å². The van der Waals surface area contributed by atoms with E-state index in [4.69, 9.17) is 9.66 Å². The fourth-order valence-electron chi connectivity index (χ4n) is 0.922. The zero-order chi connectivity index (χ0) is 11.5. The molecule has 1 rings (SSSR count). The Balaban J connectivity index is 0. The van der Waals surface area contributed by atoms with Crippen molar-refractivity contribution < 1.29 is 58.6 Å². The standard InChI is InChI=1S/C8H8O6S.Na.H/c9-8(10)5-14-6-3-1-2-4-7(6)15(11,12)13;;/h1-4H,5H2,(H,9,10)(H,11,12,13);;/q;+1;-1. The van der Waals surface area contributed by atoms with Gasteiger partial charge in [-0.1, -0.05) is 12.1 Å². The molecule has 0 atom stereocenters. The number of aliphatic carboxylic acids is 1. The fourth-order valence-corrected chi connectivity index (χ4v) is 1.55. The number of hydrogen-bond acceptors (Lipinski definition) is 4. The Hall–Kier alpha value is -0.600. The summed E-state index contributed by atoms with van der Waals surface area (Å²) in [6.45, 7) is -0.674. The van der Waals surface area contributed by atoms with E-state index >= 15 is 0 Å². The molecule has 0 bridgehead atoms. The van der Waals surface area contributed by atoms with Gasteiger partial charge < -0.3 is 11.3 Å². The molecule has 0 aliphatic carbocycles. The van der Waals surface area contributed by atoms with E-state index in [1.54, 1.807) is 0 Å². The van der Waals surface area contributed by atoms with Crippen LogP contribution in [0.4, 0.5) is 0 Å². The van der Waals surface area contributed by atoms with Crippen LogP contribution in [0.1, 0.15) is 1.43 Å². The molecule has 0 aromatic heterocycles. The van der Waals surface area contributed by atoms with Crippen LogP contribution in [0.3, 0.4) is 0 Å². The van der Waals surface area contributed by atoms with Crippen molar-refractivity contribution in [3.05, 3.63) is 24.3 Å². The van der Waals surface area contributed by atoms with Crippen molar-refractivity contribution in [3.63, 3.8) is 0 Å². The van der Waals surface area contributed by atoms with Crippen LogP contribution in [0.15, 0.2) is 29.2 Å². The second-order valence-electron chi connectivity index (χ2n) is 2.60. The Morgan fingerprint density at radius 2 is 1.94 bits per heavy atom. The molecule has 0 radical (unpaired) electrons. The maximum atomic E-state index is 10.8. The molecule has 1 aromatic rings. The monoisotopic (exact) mass is 256 g/mol. The molecular formula is C8H9NaO6S. The van der Waals surface area contributed by atoms with Gasteiger partial charge in [-0.05, 0) is 12.1 Å². The van der Waals surface area contributed by atoms with E-state index in [2.05, 4.69) is 4.74 Å². The molecule has 0 saturated heterocycles. The Labute approximate surface area is 116 Å². The Morgan fingerprint density at radius 1 is 1.38 bits per heavy atom. The van der Waals surface area contributed by atoms with Crippen LogP contribution in [0.5, 0.6) is 5.75 Å². The van der Waals surface area contributed by atoms with Gasteiger partial charge in [-0.25, -0.2) is 4.79 Å². The third-order valence-electron chi connectivity index (χ3n) is 1.48. The first-order valence-corrected chi connectivity index (χ1v) is 5.26. The molecule has 0 aliphatic heterocycles. The Kier molecular flexibility index (Phi) is 5.98. The second-order valence-corrected chi connectivity index (χ2v) is 3.99. The van der Waals surface area contributed by atoms with Crippen LogP contribution in [0.25, 0.3) is 0 Å². The molecule has 0 fully saturated rings. The van der Waals surface area contributed by atoms with Gasteiger partial charge in [0, 0.05) is 0 Å². The van der Waals surface area contributed by atoms with Crippen molar-refractivity contribution >= 4 is 16.1 Å². The number of ether oxygens (including phenoxy) is 1. The minimum Gasteiger partial charge on any atom is -1.00 e. The summed E-state index contributed by atoms with van der Waals surface area (Å²) < 4.78 is 35.1. The summed E-state index contributed by atoms with van der Waals surface area (Å²) in [6.07, 6.45) is 0. The van der Waals surface area contributed by atoms with Crippen LogP contribution in [-0.4, -0.2) is 30.7 Å². The molecule has 0 amide bonds. The molecule has 6 nitrogen and oxygen atoms in total. The number of carboxylic acids is 1. The van der Waals surface area contributed by atoms with Crippen molar-refractivity contribution in [2.75, 3.05) is 6.61 Å². The number of carbonyl (C=O) groups is 1. The second kappa shape index (κ2) is 6.21. The van der Waals surface area contributed by atoms with Gasteiger partial charge in [0.05, 0.1) is 0 Å². The van der Waals surface area contributed by atoms with E-state index in [1.807, 2.05) is 0 Å². The topological polar surface area (TPSA) is 101 Å². The molecule has 0 spiro atoms. The average Bonchev–Trinajstić information content (AvgIpc) is 2.13. The summed E-state index contributed by atoms with van der Waals surface area (Å²) in [5.74, 6) is -1.43. The number of carboxylic acid groups (broad SMARTS) is 1. The number of rotatable bonds is 4. The number of benzene rings is 1. The molecular weight excluding hydrogens is 247 g/mol. The van der Waals surface area contributed by atoms with Gasteiger partial charge >= 0.3 is 35.5 Å². The van der Waals surface area contributed by atoms with Gasteiger partial charge in [0.2, 0.25) is 0 Å². The summed E-state index contributed by atoms with van der Waals surface area (Å²) in [5, 5.41) is 8.33. The zero-order valence-corrected chi connectivity index (χ0v) is 11.3. The van der Waals surface area contributed by atoms with E-state index in [1.165, 1.54) is 18.2 Å². The van der Waals surface area contributed by atoms with Crippen molar-refractivity contribution in [3.8, 4) is 5.75 Å². The summed E-state index contributed by atoms with van der Waals surface area (Å²) in [5.41, 5.74) is 0. The van der Waals surface area contributed by atoms with Crippen molar-refractivity contribution in [1.29, 1.82) is 0 Å². The fraction of sp³-hybridized carbons (Fsp3) is 0.125. The quantitative estimate of drug-likeness (QED) is 0.456. The number of para-hydroxylation sites is 1. The minimum absolute atomic E-state index is 0. The zero-order valence-electron chi connectivity index (χ0n) is 9.45. The molecule has 16 heavy (non-hydrogen) atoms. The molecule has 8 heteroatoms. The average molecular weight is 256 g/mol. The van der Waals surface area contributed by atoms with Gasteiger partial charge in [0.1, 0.15) is 10.6 Å². The van der Waals surface area contributed by atoms with E-state index in [-0.39, 0.29) is 36.7 Å². The van der Waals surface area contributed by atoms with E-state index in [0.717, 1.165) is 6.07 Å². The third-order valence-corrected chi connectivity index (χ3v) is 2.37. The summed E-state index contributed by atoms with van der Waals surface area (Å²) in [4.78, 5) is 9.74. The van der Waals surface area contributed by atoms with Crippen LogP contribution >= 0.6 is 0 Å². The largest absolute Gasteiger partial charge is 1.00 e. The first-order valence-electron chi connectivity index (χ1n) is 3.82. The predicted octanol–water partition coefficient (Wildman–Crippen LogP) is -2.49. The van der Waals surface area contributed by atoms with Crippen molar-refractivity contribution in [2.45, 2.75) is 4.90 Å². The molecule has 1 aromatic carbocycles. The normalized spacial score (nSPS) is 10.3. The molecule has 84 valence electrons. The smallest absolute Gasteiger partial charge is 1.00 e. The Bertz CT molecular complexity index is 475. The third kappa shape index (κ3) is 4.50. The van der Waals surface area contributed by atoms with Crippen LogP contribution < -0.4 is 34.3 Å². The minimum atomic E-state index is -4.40. The van der Waals surface area contributed by atoms with Gasteiger partial charge in [0.15, 0.2) is 6.61 Å². The Morgan fingerprint density at radius 3 is 2.44 bits per heavy atom. The molecule has 0 saturated carbocycles. The summed E-state index contributed by atoms with van der Waals surface area (Å²) >= 11 is 0. The van der Waals surface area contributed by atoms with Gasteiger partial charge in [-0.15, -0.1) is 0 Å². The van der Waals surface area contributed by atoms with Crippen LogP contribution in [-0.2, 0) is 14.9 Å². The van der Waals surface area contributed by atoms with Crippen molar-refractivity contribution in [1.82, 2.24) is 0 Å². The van der Waals surface area contributed by atoms with Gasteiger partial charge in [-0.3, -0.25) is 4.55 Å². The van der Waals surface area contributed by atoms with E-state index in [0.29, 0.717) is 0 Å². The van der Waals surface area contributed by atoms with Crippen molar-refractivity contribution in [2.24, 2.45) is 0 Å². The maximum absolute atomic E-state index is 10.8.